The molecule has 0 saturated heterocycles. The Morgan fingerprint density at radius 3 is 3.00 bits per heavy atom. The van der Waals surface area contributed by atoms with Gasteiger partial charge < -0.3 is 10.4 Å². The average molecular weight is 267 g/mol. The van der Waals surface area contributed by atoms with E-state index in [9.17, 15) is 5.11 Å². The van der Waals surface area contributed by atoms with E-state index in [4.69, 9.17) is 0 Å². The van der Waals surface area contributed by atoms with Crippen molar-refractivity contribution in [1.82, 2.24) is 5.32 Å². The molecular weight excluding hydrogens is 242 g/mol. The van der Waals surface area contributed by atoms with Gasteiger partial charge in [-0.3, -0.25) is 0 Å². The molecular formula is C15H25NOS. The molecule has 0 aromatic carbocycles. The second-order valence-electron chi connectivity index (χ2n) is 5.46. The SMILES string of the molecule is CCC1CCCC(NCC(O)c2ccsc2)CC1. The fraction of sp³-hybridized carbons (Fsp3) is 0.733. The number of aliphatic hydroxyl groups is 1. The predicted molar refractivity (Wildman–Crippen MR) is 77.9 cm³/mol. The van der Waals surface area contributed by atoms with Gasteiger partial charge in [0.2, 0.25) is 0 Å². The number of hydrogen-bond donors (Lipinski definition) is 2. The Labute approximate surface area is 114 Å². The summed E-state index contributed by atoms with van der Waals surface area (Å²) in [6, 6.07) is 2.62. The molecule has 1 aromatic rings. The first-order chi connectivity index (χ1) is 8.79. The highest BCUT2D eigenvalue weighted by molar-refractivity contribution is 7.07. The summed E-state index contributed by atoms with van der Waals surface area (Å²) in [4.78, 5) is 0. The number of hydrogen-bond acceptors (Lipinski definition) is 3. The molecule has 0 amide bonds. The highest BCUT2D eigenvalue weighted by atomic mass is 32.1. The maximum absolute atomic E-state index is 10.1. The number of rotatable bonds is 5. The molecule has 18 heavy (non-hydrogen) atoms. The Balaban J connectivity index is 1.73. The maximum Gasteiger partial charge on any atom is 0.0922 e. The van der Waals surface area contributed by atoms with Crippen LogP contribution in [-0.2, 0) is 0 Å². The molecule has 1 fully saturated rings. The van der Waals surface area contributed by atoms with E-state index >= 15 is 0 Å². The van der Waals surface area contributed by atoms with E-state index in [0.29, 0.717) is 12.6 Å². The second kappa shape index (κ2) is 7.27. The Bertz CT molecular complexity index is 325. The number of nitrogens with one attached hydrogen (secondary N) is 1. The second-order valence-corrected chi connectivity index (χ2v) is 6.24. The van der Waals surface area contributed by atoms with Crippen LogP contribution >= 0.6 is 11.3 Å². The minimum Gasteiger partial charge on any atom is -0.387 e. The lowest BCUT2D eigenvalue weighted by Gasteiger charge is -2.19. The van der Waals surface area contributed by atoms with Crippen molar-refractivity contribution in [3.8, 4) is 0 Å². The Morgan fingerprint density at radius 2 is 2.28 bits per heavy atom. The van der Waals surface area contributed by atoms with E-state index in [0.717, 1.165) is 11.5 Å². The summed E-state index contributed by atoms with van der Waals surface area (Å²) in [7, 11) is 0. The molecule has 3 heteroatoms. The molecule has 1 heterocycles. The van der Waals surface area contributed by atoms with E-state index in [2.05, 4.69) is 12.2 Å². The van der Waals surface area contributed by atoms with Crippen LogP contribution in [0.15, 0.2) is 16.8 Å². The summed E-state index contributed by atoms with van der Waals surface area (Å²) in [6.45, 7) is 3.00. The summed E-state index contributed by atoms with van der Waals surface area (Å²) in [6.07, 6.45) is 7.60. The zero-order valence-corrected chi connectivity index (χ0v) is 12.1. The molecule has 2 N–H and O–H groups in total. The zero-order valence-electron chi connectivity index (χ0n) is 11.3. The first-order valence-electron chi connectivity index (χ1n) is 7.23. The third kappa shape index (κ3) is 4.08. The van der Waals surface area contributed by atoms with Crippen LogP contribution in [0.3, 0.4) is 0 Å². The van der Waals surface area contributed by atoms with Crippen molar-refractivity contribution in [2.24, 2.45) is 5.92 Å². The molecule has 3 unspecified atom stereocenters. The maximum atomic E-state index is 10.1. The average Bonchev–Trinajstić information content (AvgIpc) is 2.82. The van der Waals surface area contributed by atoms with Crippen LogP contribution in [-0.4, -0.2) is 17.7 Å². The van der Waals surface area contributed by atoms with Gasteiger partial charge in [0.25, 0.3) is 0 Å². The molecule has 1 saturated carbocycles. The van der Waals surface area contributed by atoms with Gasteiger partial charge in [0.15, 0.2) is 0 Å². The quantitative estimate of drug-likeness (QED) is 0.797. The Morgan fingerprint density at radius 1 is 1.39 bits per heavy atom. The molecule has 2 rings (SSSR count). The van der Waals surface area contributed by atoms with Crippen LogP contribution in [0.2, 0.25) is 0 Å². The fourth-order valence-corrected chi connectivity index (χ4v) is 3.56. The van der Waals surface area contributed by atoms with Crippen molar-refractivity contribution in [3.63, 3.8) is 0 Å². The van der Waals surface area contributed by atoms with Crippen LogP contribution in [0.5, 0.6) is 0 Å². The van der Waals surface area contributed by atoms with Gasteiger partial charge in [0.05, 0.1) is 6.10 Å². The van der Waals surface area contributed by atoms with Crippen LogP contribution in [0.4, 0.5) is 0 Å². The van der Waals surface area contributed by atoms with E-state index in [1.807, 2.05) is 16.8 Å². The summed E-state index contributed by atoms with van der Waals surface area (Å²) in [5, 5.41) is 17.7. The van der Waals surface area contributed by atoms with Crippen LogP contribution < -0.4 is 5.32 Å². The Hall–Kier alpha value is -0.380. The van der Waals surface area contributed by atoms with Gasteiger partial charge in [-0.15, -0.1) is 0 Å². The third-order valence-corrected chi connectivity index (χ3v) is 4.89. The summed E-state index contributed by atoms with van der Waals surface area (Å²) < 4.78 is 0. The van der Waals surface area contributed by atoms with Gasteiger partial charge in [-0.1, -0.05) is 26.2 Å². The van der Waals surface area contributed by atoms with Crippen molar-refractivity contribution >= 4 is 11.3 Å². The van der Waals surface area contributed by atoms with Crippen molar-refractivity contribution < 1.29 is 5.11 Å². The molecule has 2 nitrogen and oxygen atoms in total. The predicted octanol–water partition coefficient (Wildman–Crippen LogP) is 3.73. The van der Waals surface area contributed by atoms with Gasteiger partial charge >= 0.3 is 0 Å². The van der Waals surface area contributed by atoms with E-state index in [-0.39, 0.29) is 6.10 Å². The third-order valence-electron chi connectivity index (χ3n) is 4.19. The molecule has 0 radical (unpaired) electrons. The molecule has 1 aliphatic carbocycles. The molecule has 102 valence electrons. The van der Waals surface area contributed by atoms with Crippen molar-refractivity contribution in [2.75, 3.05) is 6.54 Å². The summed E-state index contributed by atoms with van der Waals surface area (Å²) >= 11 is 1.65. The highest BCUT2D eigenvalue weighted by Crippen LogP contribution is 2.25. The minimum absolute atomic E-state index is 0.346. The van der Waals surface area contributed by atoms with Gasteiger partial charge in [0.1, 0.15) is 0 Å². The monoisotopic (exact) mass is 267 g/mol. The zero-order chi connectivity index (χ0) is 12.8. The fourth-order valence-electron chi connectivity index (χ4n) is 2.85. The van der Waals surface area contributed by atoms with E-state index in [1.165, 1.54) is 38.5 Å². The standard InChI is InChI=1S/C15H25NOS/c1-2-12-4-3-5-14(7-6-12)16-10-15(17)13-8-9-18-11-13/h8-9,11-12,14-17H,2-7,10H2,1H3. The molecule has 0 bridgehead atoms. The van der Waals surface area contributed by atoms with Gasteiger partial charge in [-0.25, -0.2) is 0 Å². The molecule has 1 aromatic heterocycles. The van der Waals surface area contributed by atoms with Crippen molar-refractivity contribution in [3.05, 3.63) is 22.4 Å². The minimum atomic E-state index is -0.346. The Kier molecular flexibility index (Phi) is 5.67. The van der Waals surface area contributed by atoms with Gasteiger partial charge in [-0.05, 0) is 47.6 Å². The number of thiophene rings is 1. The topological polar surface area (TPSA) is 32.3 Å². The normalized spacial score (nSPS) is 26.8. The van der Waals surface area contributed by atoms with Crippen LogP contribution in [0.1, 0.15) is 57.1 Å². The summed E-state index contributed by atoms with van der Waals surface area (Å²) in [5.74, 6) is 0.929. The lowest BCUT2D eigenvalue weighted by molar-refractivity contribution is 0.168. The van der Waals surface area contributed by atoms with E-state index in [1.54, 1.807) is 11.3 Å². The smallest absolute Gasteiger partial charge is 0.0922 e. The molecule has 3 atom stereocenters. The highest BCUT2D eigenvalue weighted by Gasteiger charge is 2.18. The molecule has 0 aliphatic heterocycles. The largest absolute Gasteiger partial charge is 0.387 e. The van der Waals surface area contributed by atoms with Crippen LogP contribution in [0.25, 0.3) is 0 Å². The molecule has 1 aliphatic rings. The summed E-state index contributed by atoms with van der Waals surface area (Å²) in [5.41, 5.74) is 1.05. The van der Waals surface area contributed by atoms with Crippen molar-refractivity contribution in [2.45, 2.75) is 57.6 Å². The molecule has 0 spiro atoms. The van der Waals surface area contributed by atoms with Gasteiger partial charge in [-0.2, -0.15) is 11.3 Å². The lowest BCUT2D eigenvalue weighted by atomic mass is 9.98. The van der Waals surface area contributed by atoms with Crippen LogP contribution in [0, 0.1) is 5.92 Å². The first kappa shape index (κ1) is 14.0. The lowest BCUT2D eigenvalue weighted by Crippen LogP contribution is -2.32. The van der Waals surface area contributed by atoms with Crippen molar-refractivity contribution in [1.29, 1.82) is 0 Å². The van der Waals surface area contributed by atoms with Gasteiger partial charge in [0, 0.05) is 12.6 Å². The first-order valence-corrected chi connectivity index (χ1v) is 8.17. The number of aliphatic hydroxyl groups excluding tert-OH is 1. The van der Waals surface area contributed by atoms with E-state index < -0.39 is 0 Å².